The number of aryl methyl sites for hydroxylation is 2. The number of nitrogens with zero attached hydrogens (tertiary/aromatic N) is 2. The molecule has 0 aliphatic heterocycles. The molecule has 0 fully saturated rings. The highest BCUT2D eigenvalue weighted by Gasteiger charge is 2.22. The number of aromatic nitrogens is 2. The highest BCUT2D eigenvalue weighted by molar-refractivity contribution is 7.98. The first kappa shape index (κ1) is 21.1. The lowest BCUT2D eigenvalue weighted by Crippen LogP contribution is -2.25. The molecule has 0 N–H and O–H groups in total. The van der Waals surface area contributed by atoms with Gasteiger partial charge < -0.3 is 9.47 Å². The number of carbonyl (C=O) groups is 1. The van der Waals surface area contributed by atoms with Crippen molar-refractivity contribution in [3.05, 3.63) is 50.1 Å². The van der Waals surface area contributed by atoms with Crippen LogP contribution in [0.3, 0.4) is 0 Å². The van der Waals surface area contributed by atoms with E-state index in [4.69, 9.17) is 14.5 Å². The fourth-order valence-corrected chi connectivity index (χ4v) is 6.14. The van der Waals surface area contributed by atoms with E-state index in [0.717, 1.165) is 41.3 Å². The van der Waals surface area contributed by atoms with E-state index in [0.29, 0.717) is 35.4 Å². The summed E-state index contributed by atoms with van der Waals surface area (Å²) >= 11 is 3.14. The third-order valence-electron chi connectivity index (χ3n) is 5.36. The molecular formula is C22H24N2O4S2. The molecule has 0 saturated heterocycles. The Hall–Kier alpha value is -2.16. The molecule has 0 spiro atoms. The van der Waals surface area contributed by atoms with Gasteiger partial charge in [0.15, 0.2) is 5.16 Å². The van der Waals surface area contributed by atoms with E-state index >= 15 is 0 Å². The summed E-state index contributed by atoms with van der Waals surface area (Å²) in [6.45, 7) is 0.896. The monoisotopic (exact) mass is 444 g/mol. The highest BCUT2D eigenvalue weighted by Crippen LogP contribution is 2.35. The first-order valence-corrected chi connectivity index (χ1v) is 11.8. The minimum atomic E-state index is 0.0209. The molecule has 1 aliphatic rings. The van der Waals surface area contributed by atoms with E-state index in [9.17, 15) is 9.59 Å². The second-order valence-corrected chi connectivity index (χ2v) is 9.24. The van der Waals surface area contributed by atoms with Gasteiger partial charge in [-0.05, 0) is 49.4 Å². The van der Waals surface area contributed by atoms with Gasteiger partial charge in [-0.15, -0.1) is 11.3 Å². The van der Waals surface area contributed by atoms with Crippen LogP contribution in [0.2, 0.25) is 0 Å². The number of ether oxygens (including phenoxy) is 2. The topological polar surface area (TPSA) is 70.4 Å². The number of rotatable bonds is 8. The number of fused-ring (bicyclic) bond motifs is 3. The first-order valence-electron chi connectivity index (χ1n) is 9.95. The van der Waals surface area contributed by atoms with Gasteiger partial charge in [-0.25, -0.2) is 4.98 Å². The zero-order valence-electron chi connectivity index (χ0n) is 17.1. The van der Waals surface area contributed by atoms with Crippen molar-refractivity contribution in [2.45, 2.75) is 43.1 Å². The molecule has 2 aromatic heterocycles. The predicted molar refractivity (Wildman–Crippen MR) is 120 cm³/mol. The number of hydrogen-bond acceptors (Lipinski definition) is 7. The molecule has 1 aromatic carbocycles. The molecule has 3 aromatic rings. The summed E-state index contributed by atoms with van der Waals surface area (Å²) < 4.78 is 12.4. The van der Waals surface area contributed by atoms with E-state index < -0.39 is 0 Å². The lowest BCUT2D eigenvalue weighted by molar-refractivity contribution is 0.112. The Labute approximate surface area is 183 Å². The largest absolute Gasteiger partial charge is 0.496 e. The van der Waals surface area contributed by atoms with Crippen LogP contribution >= 0.6 is 23.1 Å². The van der Waals surface area contributed by atoms with Crippen LogP contribution in [-0.2, 0) is 29.9 Å². The standard InChI is InChI=1S/C22H24N2O4S2/c1-27-10-9-24-21(26)19-16-5-3-4-6-18(16)30-20(19)23-22(24)29-13-15-11-14(12-25)7-8-17(15)28-2/h7-8,11-12H,3-6,9-10,13H2,1-2H3. The van der Waals surface area contributed by atoms with E-state index in [1.165, 1.54) is 28.6 Å². The van der Waals surface area contributed by atoms with Crippen LogP contribution < -0.4 is 10.3 Å². The van der Waals surface area contributed by atoms with Gasteiger partial charge in [0.2, 0.25) is 0 Å². The number of benzene rings is 1. The normalized spacial score (nSPS) is 13.4. The van der Waals surface area contributed by atoms with Crippen molar-refractivity contribution in [2.75, 3.05) is 20.8 Å². The fraction of sp³-hybridized carbons (Fsp3) is 0.409. The molecule has 0 bridgehead atoms. The summed E-state index contributed by atoms with van der Waals surface area (Å²) in [4.78, 5) is 31.6. The van der Waals surface area contributed by atoms with Crippen LogP contribution in [0, 0.1) is 0 Å². The number of methoxy groups -OCH3 is 2. The van der Waals surface area contributed by atoms with Gasteiger partial charge in [0.25, 0.3) is 5.56 Å². The van der Waals surface area contributed by atoms with Crippen LogP contribution in [0.15, 0.2) is 28.2 Å². The molecule has 0 radical (unpaired) electrons. The summed E-state index contributed by atoms with van der Waals surface area (Å²) in [7, 11) is 3.24. The molecule has 0 atom stereocenters. The maximum atomic E-state index is 13.4. The second kappa shape index (κ2) is 9.32. The van der Waals surface area contributed by atoms with Gasteiger partial charge in [-0.3, -0.25) is 14.2 Å². The van der Waals surface area contributed by atoms with Crippen LogP contribution in [0.25, 0.3) is 10.2 Å². The quantitative estimate of drug-likeness (QED) is 0.296. The average molecular weight is 445 g/mol. The fourth-order valence-electron chi connectivity index (χ4n) is 3.84. The lowest BCUT2D eigenvalue weighted by atomic mass is 9.97. The zero-order chi connectivity index (χ0) is 21.1. The summed E-state index contributed by atoms with van der Waals surface area (Å²) in [6, 6.07) is 5.34. The van der Waals surface area contributed by atoms with Crippen molar-refractivity contribution in [3.63, 3.8) is 0 Å². The van der Waals surface area contributed by atoms with Gasteiger partial charge in [-0.2, -0.15) is 0 Å². The Morgan fingerprint density at radius 3 is 2.87 bits per heavy atom. The van der Waals surface area contributed by atoms with Crippen LogP contribution in [0.4, 0.5) is 0 Å². The number of aldehydes is 1. The summed E-state index contributed by atoms with van der Waals surface area (Å²) in [6.07, 6.45) is 5.11. The average Bonchev–Trinajstić information content (AvgIpc) is 3.15. The van der Waals surface area contributed by atoms with Gasteiger partial charge in [0.1, 0.15) is 16.9 Å². The van der Waals surface area contributed by atoms with Crippen molar-refractivity contribution in [3.8, 4) is 5.75 Å². The van der Waals surface area contributed by atoms with Crippen LogP contribution in [0.1, 0.15) is 39.2 Å². The Morgan fingerprint density at radius 2 is 2.10 bits per heavy atom. The van der Waals surface area contributed by atoms with E-state index in [1.54, 1.807) is 42.3 Å². The molecule has 8 heteroatoms. The van der Waals surface area contributed by atoms with Crippen LogP contribution in [-0.4, -0.2) is 36.7 Å². The number of hydrogen-bond donors (Lipinski definition) is 0. The van der Waals surface area contributed by atoms with E-state index in [1.807, 2.05) is 6.07 Å². The lowest BCUT2D eigenvalue weighted by Gasteiger charge is -2.14. The maximum Gasteiger partial charge on any atom is 0.263 e. The molecule has 0 amide bonds. The van der Waals surface area contributed by atoms with E-state index in [2.05, 4.69) is 0 Å². The molecule has 1 aliphatic carbocycles. The molecule has 30 heavy (non-hydrogen) atoms. The molecule has 4 rings (SSSR count). The van der Waals surface area contributed by atoms with E-state index in [-0.39, 0.29) is 5.56 Å². The SMILES string of the molecule is COCCn1c(SCc2cc(C=O)ccc2OC)nc2sc3c(c2c1=O)CCCC3. The zero-order valence-corrected chi connectivity index (χ0v) is 18.7. The molecule has 0 saturated carbocycles. The summed E-state index contributed by atoms with van der Waals surface area (Å²) in [5, 5.41) is 1.46. The Kier molecular flexibility index (Phi) is 6.55. The maximum absolute atomic E-state index is 13.4. The van der Waals surface area contributed by atoms with Crippen LogP contribution in [0.5, 0.6) is 5.75 Å². The number of thiophene rings is 1. The van der Waals surface area contributed by atoms with Gasteiger partial charge >= 0.3 is 0 Å². The Bertz CT molecular complexity index is 1140. The van der Waals surface area contributed by atoms with Gasteiger partial charge in [0.05, 0.1) is 25.6 Å². The second-order valence-electron chi connectivity index (χ2n) is 7.21. The molecule has 158 valence electrons. The third-order valence-corrected chi connectivity index (χ3v) is 7.57. The Morgan fingerprint density at radius 1 is 1.27 bits per heavy atom. The third kappa shape index (κ3) is 4.04. The number of thioether (sulfide) groups is 1. The predicted octanol–water partition coefficient (Wildman–Crippen LogP) is 4.10. The van der Waals surface area contributed by atoms with Crippen molar-refractivity contribution in [1.82, 2.24) is 9.55 Å². The minimum Gasteiger partial charge on any atom is -0.496 e. The van der Waals surface area contributed by atoms with Gasteiger partial charge in [0, 0.05) is 28.9 Å². The number of carbonyl (C=O) groups excluding carboxylic acids is 1. The minimum absolute atomic E-state index is 0.0209. The van der Waals surface area contributed by atoms with Crippen molar-refractivity contribution >= 4 is 39.6 Å². The molecular weight excluding hydrogens is 420 g/mol. The first-order chi connectivity index (χ1) is 14.7. The van der Waals surface area contributed by atoms with Crippen molar-refractivity contribution in [1.29, 1.82) is 0 Å². The smallest absolute Gasteiger partial charge is 0.263 e. The van der Waals surface area contributed by atoms with Gasteiger partial charge in [-0.1, -0.05) is 11.8 Å². The molecule has 0 unspecified atom stereocenters. The summed E-state index contributed by atoms with van der Waals surface area (Å²) in [5.74, 6) is 1.26. The van der Waals surface area contributed by atoms with Crippen molar-refractivity contribution < 1.29 is 14.3 Å². The molecule has 6 nitrogen and oxygen atoms in total. The summed E-state index contributed by atoms with van der Waals surface area (Å²) in [5.41, 5.74) is 2.71. The highest BCUT2D eigenvalue weighted by atomic mass is 32.2. The van der Waals surface area contributed by atoms with Crippen molar-refractivity contribution in [2.24, 2.45) is 0 Å². The Balaban J connectivity index is 1.74. The molecule has 2 heterocycles.